The number of phenolic OH excluding ortho intramolecular Hbond substituents is 2. The predicted molar refractivity (Wildman–Crippen MR) is 200 cm³/mol. The van der Waals surface area contributed by atoms with Crippen LogP contribution < -0.4 is 10.2 Å². The number of fused-ring (bicyclic) bond motifs is 1. The van der Waals surface area contributed by atoms with Crippen LogP contribution in [0.5, 0.6) is 23.0 Å². The average molecular weight is 897 g/mol. The van der Waals surface area contributed by atoms with E-state index in [0.717, 1.165) is 73.8 Å². The van der Waals surface area contributed by atoms with Crippen LogP contribution in [0.3, 0.4) is 0 Å². The van der Waals surface area contributed by atoms with Gasteiger partial charge in [-0.25, -0.2) is 4.79 Å². The Kier molecular flexibility index (Phi) is 16.2. The molecule has 0 spiro atoms. The van der Waals surface area contributed by atoms with Crippen LogP contribution in [0, 0.1) is 0 Å². The molecule has 10 atom stereocenters. The molecule has 2 heterocycles. The highest BCUT2D eigenvalue weighted by atomic mass is 16.8. The summed E-state index contributed by atoms with van der Waals surface area (Å²) in [6.07, 6.45) is -18.2. The molecule has 2 aromatic carbocycles. The molecule has 0 saturated carbocycles. The van der Waals surface area contributed by atoms with E-state index in [9.17, 15) is 58.5 Å². The lowest BCUT2D eigenvalue weighted by molar-refractivity contribution is -0.354. The van der Waals surface area contributed by atoms with Crippen LogP contribution in [0.25, 0.3) is 10.8 Å². The summed E-state index contributed by atoms with van der Waals surface area (Å²) in [4.78, 5) is 112. The van der Waals surface area contributed by atoms with Gasteiger partial charge in [0.15, 0.2) is 48.0 Å². The zero-order valence-corrected chi connectivity index (χ0v) is 34.8. The molecule has 2 saturated heterocycles. The number of hydrogen-bond acceptors (Lipinski definition) is 24. The van der Waals surface area contributed by atoms with E-state index in [2.05, 4.69) is 4.74 Å². The van der Waals surface area contributed by atoms with Crippen molar-refractivity contribution in [1.82, 2.24) is 0 Å². The molecule has 2 aliphatic rings. The number of hydrogen-bond donors (Lipinski definition) is 3. The lowest BCUT2D eigenvalue weighted by Gasteiger charge is -2.48. The molecule has 24 heteroatoms. The van der Waals surface area contributed by atoms with Crippen LogP contribution in [0.4, 0.5) is 0 Å². The van der Waals surface area contributed by atoms with Crippen LogP contribution in [0.1, 0.15) is 58.8 Å². The van der Waals surface area contributed by atoms with E-state index in [1.165, 1.54) is 0 Å². The maximum atomic E-state index is 13.1. The summed E-state index contributed by atoms with van der Waals surface area (Å²) in [7, 11) is 1.01. The Labute approximate surface area is 356 Å². The largest absolute Gasteiger partial charge is 0.504 e. The van der Waals surface area contributed by atoms with Gasteiger partial charge in [0.25, 0.3) is 0 Å². The smallest absolute Gasteiger partial charge is 0.338 e. The van der Waals surface area contributed by atoms with Crippen LogP contribution in [0.15, 0.2) is 23.0 Å². The Hall–Kier alpha value is -6.79. The minimum atomic E-state index is -2.03. The number of aromatic hydroxyl groups is 3. The van der Waals surface area contributed by atoms with Gasteiger partial charge in [-0.1, -0.05) is 0 Å². The summed E-state index contributed by atoms with van der Waals surface area (Å²) >= 11 is 0. The molecule has 4 rings (SSSR count). The molecule has 0 aromatic heterocycles. The standard InChI is InChI=1S/C39H44O24/c1-14(40)53-12-25-31(55-16(3)42)33(56-17(4)43)36(59-20(7)46)39(62-25)63-32-26(13-54-15(2)41)61-38(35(58-19(6)45)34(32)57-18(5)44)60-24-11-21-9-22(37(51)52-8)10-23(47)28(48)27(21)30(50)29(24)49/h9-11,25-26,31-36,38-39,49-50H,12-13H2,1-8H3,(H,47,48)/t25-,26-,31+,32-,33+,34+,35-,36-,38-,39+/m1/s1. The third-order valence-electron chi connectivity index (χ3n) is 8.88. The normalized spacial score (nSPS) is 25.3. The summed E-state index contributed by atoms with van der Waals surface area (Å²) in [5.41, 5.74) is -1.62. The molecule has 0 unspecified atom stereocenters. The van der Waals surface area contributed by atoms with E-state index >= 15 is 0 Å². The van der Waals surface area contributed by atoms with Crippen LogP contribution in [0.2, 0.25) is 0 Å². The molecular formula is C39H44O24. The van der Waals surface area contributed by atoms with Crippen molar-refractivity contribution in [2.24, 2.45) is 0 Å². The van der Waals surface area contributed by atoms with Crippen LogP contribution in [-0.2, 0) is 85.7 Å². The van der Waals surface area contributed by atoms with Crippen LogP contribution >= 0.6 is 0 Å². The van der Waals surface area contributed by atoms with E-state index in [-0.39, 0.29) is 10.9 Å². The highest BCUT2D eigenvalue weighted by molar-refractivity contribution is 5.98. The minimum Gasteiger partial charge on any atom is -0.504 e. The first-order valence-corrected chi connectivity index (χ1v) is 18.6. The van der Waals surface area contributed by atoms with Gasteiger partial charge in [0, 0.05) is 48.5 Å². The molecule has 24 nitrogen and oxygen atoms in total. The molecule has 63 heavy (non-hydrogen) atoms. The monoisotopic (exact) mass is 896 g/mol. The third-order valence-corrected chi connectivity index (χ3v) is 8.88. The predicted octanol–water partition coefficient (Wildman–Crippen LogP) is 0.102. The highest BCUT2D eigenvalue weighted by Crippen LogP contribution is 2.43. The molecule has 0 amide bonds. The van der Waals surface area contributed by atoms with Gasteiger partial charge in [-0.05, 0) is 23.6 Å². The number of ether oxygens (including phenoxy) is 12. The van der Waals surface area contributed by atoms with Crippen molar-refractivity contribution in [3.8, 4) is 23.0 Å². The second kappa shape index (κ2) is 20.9. The first-order chi connectivity index (χ1) is 29.5. The Morgan fingerprint density at radius 1 is 0.556 bits per heavy atom. The van der Waals surface area contributed by atoms with Gasteiger partial charge >= 0.3 is 47.8 Å². The number of esters is 8. The van der Waals surface area contributed by atoms with Crippen molar-refractivity contribution in [2.45, 2.75) is 110 Å². The van der Waals surface area contributed by atoms with Gasteiger partial charge in [0.1, 0.15) is 31.5 Å². The highest BCUT2D eigenvalue weighted by Gasteiger charge is 2.58. The lowest BCUT2D eigenvalue weighted by atomic mass is 9.96. The van der Waals surface area contributed by atoms with E-state index in [4.69, 9.17) is 52.1 Å². The summed E-state index contributed by atoms with van der Waals surface area (Å²) in [6, 6.07) is 2.68. The first kappa shape index (κ1) is 48.9. The molecule has 2 fully saturated rings. The van der Waals surface area contributed by atoms with E-state index in [1.54, 1.807) is 0 Å². The maximum absolute atomic E-state index is 13.1. The summed E-state index contributed by atoms with van der Waals surface area (Å²) in [5.74, 6) is -11.8. The summed E-state index contributed by atoms with van der Waals surface area (Å²) in [6.45, 7) is 5.38. The molecular weight excluding hydrogens is 852 g/mol. The minimum absolute atomic E-state index is 0.316. The number of carbonyl (C=O) groups is 8. The molecule has 0 bridgehead atoms. The lowest BCUT2D eigenvalue weighted by Crippen LogP contribution is -2.67. The van der Waals surface area contributed by atoms with Gasteiger partial charge in [0.05, 0.1) is 18.1 Å². The fraction of sp³-hybridized carbons (Fsp3) is 0.513. The number of benzene rings is 1. The maximum Gasteiger partial charge on any atom is 0.338 e. The number of rotatable bonds is 14. The van der Waals surface area contributed by atoms with E-state index < -0.39 is 156 Å². The Morgan fingerprint density at radius 2 is 1.00 bits per heavy atom. The van der Waals surface area contributed by atoms with Gasteiger partial charge in [-0.3, -0.25) is 38.4 Å². The van der Waals surface area contributed by atoms with Gasteiger partial charge in [0.2, 0.25) is 23.6 Å². The average Bonchev–Trinajstić information content (AvgIpc) is 3.30. The van der Waals surface area contributed by atoms with Crippen molar-refractivity contribution in [2.75, 3.05) is 20.3 Å². The zero-order chi connectivity index (χ0) is 47.0. The number of methoxy groups -OCH3 is 1. The van der Waals surface area contributed by atoms with Gasteiger partial charge in [-0.15, -0.1) is 0 Å². The van der Waals surface area contributed by atoms with E-state index in [1.807, 2.05) is 0 Å². The fourth-order valence-electron chi connectivity index (χ4n) is 6.57. The van der Waals surface area contributed by atoms with Crippen molar-refractivity contribution in [3.63, 3.8) is 0 Å². The fourth-order valence-corrected chi connectivity index (χ4v) is 6.57. The number of carbonyl (C=O) groups excluding carboxylic acids is 8. The zero-order valence-electron chi connectivity index (χ0n) is 34.8. The van der Waals surface area contributed by atoms with Crippen molar-refractivity contribution < 1.29 is 111 Å². The topological polar surface area (TPSA) is 325 Å². The Morgan fingerprint density at radius 3 is 1.49 bits per heavy atom. The second-order valence-corrected chi connectivity index (χ2v) is 13.8. The molecule has 0 aliphatic carbocycles. The molecule has 2 aromatic rings. The Bertz CT molecular complexity index is 2180. The van der Waals surface area contributed by atoms with Crippen molar-refractivity contribution in [3.05, 3.63) is 34.0 Å². The van der Waals surface area contributed by atoms with Crippen molar-refractivity contribution >= 4 is 58.5 Å². The quantitative estimate of drug-likeness (QED) is 0.129. The van der Waals surface area contributed by atoms with E-state index in [0.29, 0.717) is 0 Å². The third kappa shape index (κ3) is 12.2. The SMILES string of the molecule is COC(=O)c1cc(O)c(=O)c2c(O)c(O)c(O[C@@H]3O[C@H](COC(C)=O)[C@@H](O[C@@H]4O[C@H](COC(C)=O)[C@H](OC(C)=O)[C@H](OC(C)=O)[C@H]4OC(C)=O)[C@H](OC(C)=O)[C@H]3OC(C)=O)cc2c1. The van der Waals surface area contributed by atoms with Crippen molar-refractivity contribution in [1.29, 1.82) is 0 Å². The summed E-state index contributed by atoms with van der Waals surface area (Å²) < 4.78 is 66.8. The second-order valence-electron chi connectivity index (χ2n) is 13.8. The molecule has 344 valence electrons. The molecule has 3 N–H and O–H groups in total. The summed E-state index contributed by atoms with van der Waals surface area (Å²) in [5, 5.41) is 31.5. The van der Waals surface area contributed by atoms with Gasteiger partial charge in [-0.2, -0.15) is 0 Å². The first-order valence-electron chi connectivity index (χ1n) is 18.6. The van der Waals surface area contributed by atoms with Crippen LogP contribution in [-0.4, -0.2) is 145 Å². The molecule has 2 aliphatic heterocycles. The molecule has 0 radical (unpaired) electrons. The van der Waals surface area contributed by atoms with Gasteiger partial charge < -0.3 is 72.2 Å². The number of phenols is 2. The Balaban J connectivity index is 1.92.